The fourth-order valence-electron chi connectivity index (χ4n) is 3.32. The normalized spacial score (nSPS) is 11.1. The third-order valence-electron chi connectivity index (χ3n) is 5.01. The van der Waals surface area contributed by atoms with Crippen molar-refractivity contribution in [3.8, 4) is 12.3 Å². The SMILES string of the molecule is C#CC(C)(C)NC(=O)c1cc(Cl)cc(Cl)c1.CCCN(CCC)c1c([N+](=O)[O-])cc(C(F)(F)F)cc1[N+](=O)[O-]. The van der Waals surface area contributed by atoms with Crippen LogP contribution in [-0.2, 0) is 6.18 Å². The average Bonchev–Trinajstić information content (AvgIpc) is 2.82. The molecule has 2 aromatic rings. The zero-order valence-electron chi connectivity index (χ0n) is 21.6. The van der Waals surface area contributed by atoms with Crippen LogP contribution in [0, 0.1) is 32.6 Å². The van der Waals surface area contributed by atoms with E-state index in [9.17, 15) is 38.2 Å². The molecule has 0 aliphatic rings. The Morgan fingerprint density at radius 1 is 0.974 bits per heavy atom. The number of nitro benzene ring substituents is 2. The van der Waals surface area contributed by atoms with Crippen molar-refractivity contribution in [1.82, 2.24) is 5.32 Å². The maximum absolute atomic E-state index is 12.8. The first-order valence-electron chi connectivity index (χ1n) is 11.5. The Labute approximate surface area is 233 Å². The van der Waals surface area contributed by atoms with Crippen LogP contribution in [0.4, 0.5) is 30.2 Å². The summed E-state index contributed by atoms with van der Waals surface area (Å²) in [4.78, 5) is 33.5. The molecule has 0 bridgehead atoms. The number of hydrogen-bond donors (Lipinski definition) is 1. The van der Waals surface area contributed by atoms with E-state index in [0.717, 1.165) is 0 Å². The summed E-state index contributed by atoms with van der Waals surface area (Å²) in [5.41, 5.74) is -3.92. The minimum absolute atomic E-state index is 0.265. The summed E-state index contributed by atoms with van der Waals surface area (Å²) in [6.45, 7) is 7.53. The molecule has 39 heavy (non-hydrogen) atoms. The second kappa shape index (κ2) is 14.0. The number of nitrogens with zero attached hydrogens (tertiary/aromatic N) is 3. The van der Waals surface area contributed by atoms with Crippen LogP contribution in [-0.4, -0.2) is 34.4 Å². The Morgan fingerprint density at radius 3 is 1.74 bits per heavy atom. The molecule has 212 valence electrons. The zero-order valence-corrected chi connectivity index (χ0v) is 23.1. The highest BCUT2D eigenvalue weighted by molar-refractivity contribution is 6.35. The van der Waals surface area contributed by atoms with E-state index in [0.29, 0.717) is 40.6 Å². The lowest BCUT2D eigenvalue weighted by molar-refractivity contribution is -0.393. The number of nitro groups is 2. The molecule has 0 spiro atoms. The molecule has 0 saturated heterocycles. The monoisotopic (exact) mass is 590 g/mol. The van der Waals surface area contributed by atoms with E-state index in [1.165, 1.54) is 17.0 Å². The van der Waals surface area contributed by atoms with Gasteiger partial charge < -0.3 is 10.2 Å². The minimum atomic E-state index is -4.91. The second-order valence-corrected chi connectivity index (χ2v) is 9.62. The summed E-state index contributed by atoms with van der Waals surface area (Å²) in [6, 6.07) is 5.33. The number of nitrogens with one attached hydrogen (secondary N) is 1. The van der Waals surface area contributed by atoms with Gasteiger partial charge in [-0.1, -0.05) is 43.0 Å². The molecule has 0 aromatic heterocycles. The highest BCUT2D eigenvalue weighted by Crippen LogP contribution is 2.43. The Hall–Kier alpha value is -3.56. The highest BCUT2D eigenvalue weighted by Gasteiger charge is 2.39. The van der Waals surface area contributed by atoms with Gasteiger partial charge in [-0.05, 0) is 44.9 Å². The molecule has 0 aliphatic carbocycles. The largest absolute Gasteiger partial charge is 0.416 e. The molecular formula is C25H27Cl2F3N4O5. The first-order chi connectivity index (χ1) is 18.0. The maximum Gasteiger partial charge on any atom is 0.416 e. The number of terminal acetylenes is 1. The molecule has 1 N–H and O–H groups in total. The van der Waals surface area contributed by atoms with Crippen LogP contribution in [0.2, 0.25) is 10.0 Å². The van der Waals surface area contributed by atoms with Gasteiger partial charge in [-0.15, -0.1) is 6.42 Å². The number of carbonyl (C=O) groups is 1. The number of hydrogen-bond acceptors (Lipinski definition) is 6. The van der Waals surface area contributed by atoms with Gasteiger partial charge in [0.2, 0.25) is 0 Å². The van der Waals surface area contributed by atoms with Crippen LogP contribution in [0.5, 0.6) is 0 Å². The summed E-state index contributed by atoms with van der Waals surface area (Å²) in [5, 5.41) is 25.9. The summed E-state index contributed by atoms with van der Waals surface area (Å²) >= 11 is 11.6. The minimum Gasteiger partial charge on any atom is -0.360 e. The summed E-state index contributed by atoms with van der Waals surface area (Å²) in [5.74, 6) is 2.17. The van der Waals surface area contributed by atoms with E-state index in [1.54, 1.807) is 33.8 Å². The molecule has 0 unspecified atom stereocenters. The number of halogens is 5. The molecule has 0 heterocycles. The third-order valence-corrected chi connectivity index (χ3v) is 5.44. The number of benzene rings is 2. The standard InChI is InChI=1S/C13H16F3N3O4.C12H11Cl2NO/c1-3-5-17(6-4-2)12-10(18(20)21)7-9(13(14,15)16)8-11(12)19(22)23;1-4-12(2,3)15-11(16)8-5-9(13)7-10(14)6-8/h7-8H,3-6H2,1-2H3;1,5-7H,2-3H3,(H,15,16). The molecular weight excluding hydrogens is 564 g/mol. The van der Waals surface area contributed by atoms with Crippen LogP contribution in [0.25, 0.3) is 0 Å². The van der Waals surface area contributed by atoms with Crippen LogP contribution in [0.15, 0.2) is 30.3 Å². The van der Waals surface area contributed by atoms with Gasteiger partial charge in [0.25, 0.3) is 17.3 Å². The topological polar surface area (TPSA) is 119 Å². The quantitative estimate of drug-likeness (QED) is 0.186. The summed E-state index contributed by atoms with van der Waals surface area (Å²) < 4.78 is 38.5. The first-order valence-corrected chi connectivity index (χ1v) is 12.3. The van der Waals surface area contributed by atoms with Crippen LogP contribution < -0.4 is 10.2 Å². The number of carbonyl (C=O) groups excluding carboxylic acids is 1. The highest BCUT2D eigenvalue weighted by atomic mass is 35.5. The predicted octanol–water partition coefficient (Wildman–Crippen LogP) is 7.28. The van der Waals surface area contributed by atoms with E-state index in [4.69, 9.17) is 29.6 Å². The van der Waals surface area contributed by atoms with Crippen LogP contribution >= 0.6 is 23.2 Å². The Morgan fingerprint density at radius 2 is 1.41 bits per heavy atom. The van der Waals surface area contributed by atoms with Gasteiger partial charge in [-0.25, -0.2) is 0 Å². The first kappa shape index (κ1) is 33.5. The molecule has 14 heteroatoms. The molecule has 0 aliphatic heterocycles. The van der Waals surface area contributed by atoms with Gasteiger partial charge in [0.1, 0.15) is 0 Å². The van der Waals surface area contributed by atoms with Crippen molar-refractivity contribution in [2.24, 2.45) is 0 Å². The Kier molecular flexibility index (Phi) is 12.0. The van der Waals surface area contributed by atoms with Crippen molar-refractivity contribution in [2.75, 3.05) is 18.0 Å². The maximum atomic E-state index is 12.8. The zero-order chi connectivity index (χ0) is 30.1. The van der Waals surface area contributed by atoms with Crippen molar-refractivity contribution in [2.45, 2.75) is 52.3 Å². The van der Waals surface area contributed by atoms with Crippen molar-refractivity contribution in [1.29, 1.82) is 0 Å². The Balaban J connectivity index is 0.000000416. The van der Waals surface area contributed by atoms with Crippen molar-refractivity contribution in [3.63, 3.8) is 0 Å². The molecule has 9 nitrogen and oxygen atoms in total. The fourth-order valence-corrected chi connectivity index (χ4v) is 3.85. The van der Waals surface area contributed by atoms with Crippen molar-refractivity contribution in [3.05, 3.63) is 71.7 Å². The fraction of sp³-hybridized carbons (Fsp3) is 0.400. The van der Waals surface area contributed by atoms with Gasteiger partial charge in [-0.3, -0.25) is 25.0 Å². The molecule has 0 saturated carbocycles. The van der Waals surface area contributed by atoms with E-state index in [1.807, 2.05) is 0 Å². The lowest BCUT2D eigenvalue weighted by atomic mass is 10.1. The predicted molar refractivity (Wildman–Crippen MR) is 144 cm³/mol. The van der Waals surface area contributed by atoms with Gasteiger partial charge in [-0.2, -0.15) is 13.2 Å². The molecule has 1 amide bonds. The van der Waals surface area contributed by atoms with Crippen LogP contribution in [0.1, 0.15) is 56.5 Å². The van der Waals surface area contributed by atoms with Crippen LogP contribution in [0.3, 0.4) is 0 Å². The van der Waals surface area contributed by atoms with Gasteiger partial charge >= 0.3 is 6.18 Å². The summed E-state index contributed by atoms with van der Waals surface area (Å²) in [7, 11) is 0. The molecule has 0 atom stereocenters. The third kappa shape index (κ3) is 9.92. The number of alkyl halides is 3. The van der Waals surface area contributed by atoms with Gasteiger partial charge in [0.15, 0.2) is 5.69 Å². The van der Waals surface area contributed by atoms with E-state index in [2.05, 4.69) is 11.2 Å². The Bertz CT molecular complexity index is 1200. The molecule has 0 radical (unpaired) electrons. The molecule has 0 fully saturated rings. The van der Waals surface area contributed by atoms with Crippen molar-refractivity contribution >= 4 is 46.2 Å². The van der Waals surface area contributed by atoms with Gasteiger partial charge in [0.05, 0.1) is 20.9 Å². The van der Waals surface area contributed by atoms with E-state index < -0.39 is 38.5 Å². The van der Waals surface area contributed by atoms with E-state index in [-0.39, 0.29) is 24.7 Å². The number of rotatable bonds is 9. The van der Waals surface area contributed by atoms with Gasteiger partial charge in [0, 0.05) is 40.8 Å². The lowest BCUT2D eigenvalue weighted by Gasteiger charge is -2.23. The molecule has 2 rings (SSSR count). The second-order valence-electron chi connectivity index (χ2n) is 8.74. The molecule has 2 aromatic carbocycles. The number of anilines is 1. The number of amides is 1. The van der Waals surface area contributed by atoms with E-state index >= 15 is 0 Å². The summed E-state index contributed by atoms with van der Waals surface area (Å²) in [6.07, 6.45) is 1.44. The lowest BCUT2D eigenvalue weighted by Crippen LogP contribution is -2.42. The van der Waals surface area contributed by atoms with Crippen molar-refractivity contribution < 1.29 is 27.8 Å². The smallest absolute Gasteiger partial charge is 0.360 e. The average molecular weight is 591 g/mol.